The first kappa shape index (κ1) is 29.4. The summed E-state index contributed by atoms with van der Waals surface area (Å²) in [5.74, 6) is 2.39. The number of halogens is 1. The van der Waals surface area contributed by atoms with Gasteiger partial charge in [-0.05, 0) is 123 Å². The van der Waals surface area contributed by atoms with E-state index in [1.54, 1.807) is 13.2 Å². The summed E-state index contributed by atoms with van der Waals surface area (Å²) < 4.78 is 31.6. The highest BCUT2D eigenvalue weighted by molar-refractivity contribution is 5.94. The smallest absolute Gasteiger partial charge is 0.417 e. The van der Waals surface area contributed by atoms with Crippen LogP contribution in [0.2, 0.25) is 0 Å². The van der Waals surface area contributed by atoms with Crippen molar-refractivity contribution in [2.24, 2.45) is 17.8 Å². The van der Waals surface area contributed by atoms with Crippen molar-refractivity contribution in [2.75, 3.05) is 13.7 Å². The maximum atomic E-state index is 14.5. The molecular weight excluding hydrogens is 521 g/mol. The van der Waals surface area contributed by atoms with Gasteiger partial charge in [0.15, 0.2) is 0 Å². The standard InChI is InChI=1S/C34H44FNO5/c1-21(2)32-34(3,4)41-33(38)36(32)31(37)19-28(23-13-14-23)25-7-6-8-27(17-25)40-20-22-9-11-24(12-10-22)29-18-26(39-5)15-16-30(29)35/h6-8,15-18,21-24,28,32H,9-14,19-20H2,1-5H3/t22-,24-,28?,32?. The summed E-state index contributed by atoms with van der Waals surface area (Å²) >= 11 is 0. The van der Waals surface area contributed by atoms with Crippen LogP contribution in [0.1, 0.15) is 95.6 Å². The Morgan fingerprint density at radius 3 is 2.44 bits per heavy atom. The largest absolute Gasteiger partial charge is 0.497 e. The van der Waals surface area contributed by atoms with Crippen molar-refractivity contribution in [2.45, 2.75) is 96.1 Å². The molecule has 0 radical (unpaired) electrons. The van der Waals surface area contributed by atoms with Gasteiger partial charge in [0.05, 0.1) is 19.8 Å². The minimum absolute atomic E-state index is 0.0450. The number of carbonyl (C=O) groups is 2. The SMILES string of the molecule is COc1ccc(F)c([C@H]2CC[C@H](COc3cccc(C(CC(=O)N4C(=O)OC(C)(C)C4C(C)C)C4CC4)c3)CC2)c1. The average Bonchev–Trinajstić information content (AvgIpc) is 3.75. The second-order valence-electron chi connectivity index (χ2n) is 13.1. The minimum atomic E-state index is -0.703. The van der Waals surface area contributed by atoms with Gasteiger partial charge in [0.2, 0.25) is 5.91 Å². The molecule has 0 N–H and O–H groups in total. The van der Waals surface area contributed by atoms with Gasteiger partial charge < -0.3 is 14.2 Å². The van der Waals surface area contributed by atoms with Crippen LogP contribution in [0.4, 0.5) is 9.18 Å². The highest BCUT2D eigenvalue weighted by Gasteiger charge is 2.52. The zero-order chi connectivity index (χ0) is 29.3. The first-order chi connectivity index (χ1) is 19.6. The molecule has 2 aromatic rings. The highest BCUT2D eigenvalue weighted by Crippen LogP contribution is 2.46. The van der Waals surface area contributed by atoms with Gasteiger partial charge in [-0.25, -0.2) is 14.1 Å². The molecule has 2 saturated carbocycles. The van der Waals surface area contributed by atoms with Gasteiger partial charge in [0, 0.05) is 6.42 Å². The van der Waals surface area contributed by atoms with Gasteiger partial charge >= 0.3 is 6.09 Å². The average molecular weight is 566 g/mol. The normalized spacial score (nSPS) is 24.7. The van der Waals surface area contributed by atoms with E-state index in [0.29, 0.717) is 24.2 Å². The van der Waals surface area contributed by atoms with E-state index in [-0.39, 0.29) is 41.9 Å². The van der Waals surface area contributed by atoms with E-state index in [0.717, 1.165) is 55.4 Å². The number of hydrogen-bond acceptors (Lipinski definition) is 5. The van der Waals surface area contributed by atoms with E-state index in [9.17, 15) is 14.0 Å². The summed E-state index contributed by atoms with van der Waals surface area (Å²) in [6.07, 6.45) is 5.75. The number of hydrogen-bond donors (Lipinski definition) is 0. The van der Waals surface area contributed by atoms with Crippen LogP contribution in [-0.2, 0) is 9.53 Å². The third kappa shape index (κ3) is 6.54. The van der Waals surface area contributed by atoms with Gasteiger partial charge in [-0.1, -0.05) is 26.0 Å². The van der Waals surface area contributed by atoms with Crippen molar-refractivity contribution in [1.29, 1.82) is 0 Å². The Labute approximate surface area is 243 Å². The van der Waals surface area contributed by atoms with Crippen LogP contribution < -0.4 is 9.47 Å². The molecule has 6 nitrogen and oxygen atoms in total. The molecule has 0 aromatic heterocycles. The van der Waals surface area contributed by atoms with E-state index in [1.165, 1.54) is 11.0 Å². The number of imide groups is 1. The molecule has 1 saturated heterocycles. The minimum Gasteiger partial charge on any atom is -0.497 e. The quantitative estimate of drug-likeness (QED) is 0.293. The molecular formula is C34H44FNO5. The van der Waals surface area contributed by atoms with Crippen molar-refractivity contribution >= 4 is 12.0 Å². The Hall–Kier alpha value is -3.09. The molecule has 1 aliphatic heterocycles. The van der Waals surface area contributed by atoms with Gasteiger partial charge in [0.1, 0.15) is 22.9 Å². The number of methoxy groups -OCH3 is 1. The van der Waals surface area contributed by atoms with Crippen molar-refractivity contribution in [3.05, 3.63) is 59.4 Å². The van der Waals surface area contributed by atoms with Gasteiger partial charge in [0.25, 0.3) is 0 Å². The van der Waals surface area contributed by atoms with Gasteiger partial charge in [-0.15, -0.1) is 0 Å². The van der Waals surface area contributed by atoms with E-state index in [2.05, 4.69) is 12.1 Å². The van der Waals surface area contributed by atoms with Crippen LogP contribution in [0.25, 0.3) is 0 Å². The Balaban J connectivity index is 1.19. The van der Waals surface area contributed by atoms with Crippen LogP contribution in [-0.4, -0.2) is 42.3 Å². The molecule has 1 heterocycles. The molecule has 222 valence electrons. The molecule has 2 aliphatic carbocycles. The number of cyclic esters (lactones) is 1. The molecule has 7 heteroatoms. The second kappa shape index (κ2) is 12.0. The zero-order valence-electron chi connectivity index (χ0n) is 25.0. The van der Waals surface area contributed by atoms with E-state index in [1.807, 2.05) is 45.9 Å². The van der Waals surface area contributed by atoms with Crippen LogP contribution >= 0.6 is 0 Å². The number of carbonyl (C=O) groups excluding carboxylic acids is 2. The summed E-state index contributed by atoms with van der Waals surface area (Å²) in [5, 5.41) is 0. The molecule has 2 amide bonds. The predicted molar refractivity (Wildman–Crippen MR) is 156 cm³/mol. The molecule has 3 fully saturated rings. The van der Waals surface area contributed by atoms with Crippen LogP contribution in [0, 0.1) is 23.6 Å². The summed E-state index contributed by atoms with van der Waals surface area (Å²) in [7, 11) is 1.61. The third-order valence-electron chi connectivity index (χ3n) is 9.28. The lowest BCUT2D eigenvalue weighted by atomic mass is 9.79. The number of nitrogens with zero attached hydrogens (tertiary/aromatic N) is 1. The lowest BCUT2D eigenvalue weighted by molar-refractivity contribution is -0.131. The first-order valence-corrected chi connectivity index (χ1v) is 15.2. The molecule has 0 bridgehead atoms. The summed E-state index contributed by atoms with van der Waals surface area (Å²) in [6.45, 7) is 8.43. The predicted octanol–water partition coefficient (Wildman–Crippen LogP) is 7.85. The van der Waals surface area contributed by atoms with Gasteiger partial charge in [-0.2, -0.15) is 0 Å². The molecule has 2 unspecified atom stereocenters. The first-order valence-electron chi connectivity index (χ1n) is 15.2. The molecule has 2 atom stereocenters. The maximum Gasteiger partial charge on any atom is 0.417 e. The monoisotopic (exact) mass is 565 g/mol. The fourth-order valence-electron chi connectivity index (χ4n) is 7.11. The topological polar surface area (TPSA) is 65.1 Å². The van der Waals surface area contributed by atoms with Crippen LogP contribution in [0.15, 0.2) is 42.5 Å². The Morgan fingerprint density at radius 2 is 1.78 bits per heavy atom. The number of amides is 2. The number of rotatable bonds is 10. The van der Waals surface area contributed by atoms with Crippen molar-refractivity contribution in [1.82, 2.24) is 4.90 Å². The Bertz CT molecular complexity index is 1250. The van der Waals surface area contributed by atoms with Crippen molar-refractivity contribution in [3.8, 4) is 11.5 Å². The highest BCUT2D eigenvalue weighted by atomic mass is 19.1. The lowest BCUT2D eigenvalue weighted by Gasteiger charge is -2.31. The van der Waals surface area contributed by atoms with E-state index >= 15 is 0 Å². The Morgan fingerprint density at radius 1 is 1.05 bits per heavy atom. The van der Waals surface area contributed by atoms with Crippen LogP contribution in [0.3, 0.4) is 0 Å². The van der Waals surface area contributed by atoms with Crippen molar-refractivity contribution < 1.29 is 28.2 Å². The third-order valence-corrected chi connectivity index (χ3v) is 9.28. The van der Waals surface area contributed by atoms with Crippen molar-refractivity contribution in [3.63, 3.8) is 0 Å². The molecule has 3 aliphatic rings. The summed E-state index contributed by atoms with van der Waals surface area (Å²) in [6, 6.07) is 12.8. The summed E-state index contributed by atoms with van der Waals surface area (Å²) in [4.78, 5) is 27.6. The Kier molecular flexibility index (Phi) is 8.62. The molecule has 5 rings (SSSR count). The number of benzene rings is 2. The second-order valence-corrected chi connectivity index (χ2v) is 13.1. The molecule has 0 spiro atoms. The fourth-order valence-corrected chi connectivity index (χ4v) is 7.11. The van der Waals surface area contributed by atoms with Crippen LogP contribution in [0.5, 0.6) is 11.5 Å². The maximum absolute atomic E-state index is 14.5. The van der Waals surface area contributed by atoms with E-state index in [4.69, 9.17) is 14.2 Å². The molecule has 41 heavy (non-hydrogen) atoms. The number of ether oxygens (including phenoxy) is 3. The van der Waals surface area contributed by atoms with Gasteiger partial charge in [-0.3, -0.25) is 4.79 Å². The summed E-state index contributed by atoms with van der Waals surface area (Å²) in [5.41, 5.74) is 1.14. The zero-order valence-corrected chi connectivity index (χ0v) is 25.0. The fraction of sp³-hybridized carbons (Fsp3) is 0.588. The molecule has 2 aromatic carbocycles. The lowest BCUT2D eigenvalue weighted by Crippen LogP contribution is -2.48. The van der Waals surface area contributed by atoms with E-state index < -0.39 is 11.7 Å².